The van der Waals surface area contributed by atoms with Crippen molar-refractivity contribution in [3.63, 3.8) is 0 Å². The lowest BCUT2D eigenvalue weighted by Crippen LogP contribution is -2.43. The molecule has 8 heteroatoms. The molecule has 19 heavy (non-hydrogen) atoms. The summed E-state index contributed by atoms with van der Waals surface area (Å²) in [5.74, 6) is -2.93. The van der Waals surface area contributed by atoms with Crippen LogP contribution in [0.4, 0.5) is 13.2 Å². The van der Waals surface area contributed by atoms with Gasteiger partial charge in [0.1, 0.15) is 5.75 Å². The summed E-state index contributed by atoms with van der Waals surface area (Å²) in [5, 5.41) is 2.39. The standard InChI is InChI=1S/C11H18F3NO3S/c1-2-19(17,18)7-10(16)15-9-5-3-4-8(6-9)11(12,13)14/h8-9H,2-7H2,1H3,(H,15,16)/t8-,9-/m1/s1. The van der Waals surface area contributed by atoms with Crippen molar-refractivity contribution in [3.8, 4) is 0 Å². The number of alkyl halides is 3. The van der Waals surface area contributed by atoms with Crippen LogP contribution in [0.5, 0.6) is 0 Å². The lowest BCUT2D eigenvalue weighted by molar-refractivity contribution is -0.184. The Morgan fingerprint density at radius 3 is 2.47 bits per heavy atom. The third kappa shape index (κ3) is 5.38. The highest BCUT2D eigenvalue weighted by molar-refractivity contribution is 7.92. The summed E-state index contributed by atoms with van der Waals surface area (Å²) in [7, 11) is -3.45. The second-order valence-electron chi connectivity index (χ2n) is 4.85. The lowest BCUT2D eigenvalue weighted by Gasteiger charge is -2.30. The highest BCUT2D eigenvalue weighted by Crippen LogP contribution is 2.37. The number of hydrogen-bond donors (Lipinski definition) is 1. The van der Waals surface area contributed by atoms with Gasteiger partial charge in [-0.3, -0.25) is 4.79 Å². The first kappa shape index (κ1) is 16.3. The Bertz CT molecular complexity index is 419. The number of nitrogens with one attached hydrogen (secondary N) is 1. The smallest absolute Gasteiger partial charge is 0.352 e. The summed E-state index contributed by atoms with van der Waals surface area (Å²) in [6.45, 7) is 1.42. The normalized spacial score (nSPS) is 25.1. The molecule has 1 aliphatic rings. The minimum atomic E-state index is -4.25. The maximum Gasteiger partial charge on any atom is 0.391 e. The summed E-state index contributed by atoms with van der Waals surface area (Å²) >= 11 is 0. The van der Waals surface area contributed by atoms with E-state index in [1.54, 1.807) is 0 Å². The second kappa shape index (κ2) is 6.11. The van der Waals surface area contributed by atoms with E-state index in [1.807, 2.05) is 0 Å². The molecule has 0 spiro atoms. The first-order chi connectivity index (χ1) is 8.64. The van der Waals surface area contributed by atoms with Crippen molar-refractivity contribution in [1.82, 2.24) is 5.32 Å². The molecule has 0 radical (unpaired) electrons. The van der Waals surface area contributed by atoms with Gasteiger partial charge in [0.2, 0.25) is 5.91 Å². The van der Waals surface area contributed by atoms with Gasteiger partial charge in [-0.05, 0) is 19.3 Å². The Hall–Kier alpha value is -0.790. The molecular formula is C11H18F3NO3S. The zero-order valence-corrected chi connectivity index (χ0v) is 11.5. The predicted molar refractivity (Wildman–Crippen MR) is 64.3 cm³/mol. The molecule has 0 unspecified atom stereocenters. The van der Waals surface area contributed by atoms with Crippen LogP contribution in [-0.4, -0.2) is 38.0 Å². The van der Waals surface area contributed by atoms with E-state index in [4.69, 9.17) is 0 Å². The van der Waals surface area contributed by atoms with Gasteiger partial charge in [-0.15, -0.1) is 0 Å². The van der Waals surface area contributed by atoms with E-state index in [0.29, 0.717) is 12.8 Å². The zero-order valence-electron chi connectivity index (χ0n) is 10.7. The van der Waals surface area contributed by atoms with E-state index >= 15 is 0 Å². The summed E-state index contributed by atoms with van der Waals surface area (Å²) < 4.78 is 60.2. The molecule has 4 nitrogen and oxygen atoms in total. The minimum absolute atomic E-state index is 0.0725. The fourth-order valence-electron chi connectivity index (χ4n) is 2.19. The Morgan fingerprint density at radius 2 is 1.95 bits per heavy atom. The molecule has 1 saturated carbocycles. The molecule has 1 fully saturated rings. The first-order valence-electron chi connectivity index (χ1n) is 6.20. The molecular weight excluding hydrogens is 283 g/mol. The van der Waals surface area contributed by atoms with Gasteiger partial charge < -0.3 is 5.32 Å². The van der Waals surface area contributed by atoms with Gasteiger partial charge in [0.25, 0.3) is 0 Å². The maximum absolute atomic E-state index is 12.6. The fourth-order valence-corrected chi connectivity index (χ4v) is 2.88. The molecule has 1 aliphatic carbocycles. The number of amides is 1. The van der Waals surface area contributed by atoms with Crippen LogP contribution < -0.4 is 5.32 Å². The van der Waals surface area contributed by atoms with E-state index in [-0.39, 0.29) is 18.6 Å². The quantitative estimate of drug-likeness (QED) is 0.859. The third-order valence-electron chi connectivity index (χ3n) is 3.29. The lowest BCUT2D eigenvalue weighted by atomic mass is 9.85. The van der Waals surface area contributed by atoms with Crippen LogP contribution in [0.2, 0.25) is 0 Å². The van der Waals surface area contributed by atoms with Gasteiger partial charge in [0, 0.05) is 11.8 Å². The Labute approximate surface area is 110 Å². The number of hydrogen-bond acceptors (Lipinski definition) is 3. The molecule has 112 valence electrons. The van der Waals surface area contributed by atoms with E-state index in [9.17, 15) is 26.4 Å². The number of carbonyl (C=O) groups excluding carboxylic acids is 1. The van der Waals surface area contributed by atoms with Crippen molar-refractivity contribution in [2.45, 2.75) is 44.8 Å². The van der Waals surface area contributed by atoms with Crippen molar-refractivity contribution < 1.29 is 26.4 Å². The topological polar surface area (TPSA) is 63.2 Å². The molecule has 0 aromatic carbocycles. The van der Waals surface area contributed by atoms with Crippen LogP contribution in [0.3, 0.4) is 0 Å². The summed E-state index contributed by atoms with van der Waals surface area (Å²) in [4.78, 5) is 11.5. The second-order valence-corrected chi connectivity index (χ2v) is 7.20. The molecule has 1 N–H and O–H groups in total. The van der Waals surface area contributed by atoms with E-state index in [1.165, 1.54) is 6.92 Å². The van der Waals surface area contributed by atoms with Crippen LogP contribution in [0.25, 0.3) is 0 Å². The maximum atomic E-state index is 12.6. The van der Waals surface area contributed by atoms with Crippen molar-refractivity contribution in [2.75, 3.05) is 11.5 Å². The molecule has 0 saturated heterocycles. The summed E-state index contributed by atoms with van der Waals surface area (Å²) in [5.41, 5.74) is 0. The van der Waals surface area contributed by atoms with Crippen molar-refractivity contribution >= 4 is 15.7 Å². The largest absolute Gasteiger partial charge is 0.391 e. The van der Waals surface area contributed by atoms with Crippen LogP contribution >= 0.6 is 0 Å². The van der Waals surface area contributed by atoms with Crippen LogP contribution in [-0.2, 0) is 14.6 Å². The highest BCUT2D eigenvalue weighted by Gasteiger charge is 2.42. The van der Waals surface area contributed by atoms with Gasteiger partial charge in [-0.1, -0.05) is 13.3 Å². The SMILES string of the molecule is CCS(=O)(=O)CC(=O)N[C@@H]1CCC[C@@H](C(F)(F)F)C1. The molecule has 0 aliphatic heterocycles. The van der Waals surface area contributed by atoms with Crippen LogP contribution in [0, 0.1) is 5.92 Å². The fraction of sp³-hybridized carbons (Fsp3) is 0.909. The number of sulfone groups is 1. The van der Waals surface area contributed by atoms with E-state index < -0.39 is 39.6 Å². The monoisotopic (exact) mass is 301 g/mol. The molecule has 0 heterocycles. The van der Waals surface area contributed by atoms with Crippen molar-refractivity contribution in [1.29, 1.82) is 0 Å². The number of carbonyl (C=O) groups is 1. The average molecular weight is 301 g/mol. The van der Waals surface area contributed by atoms with Gasteiger partial charge >= 0.3 is 6.18 Å². The number of halogens is 3. The third-order valence-corrected chi connectivity index (χ3v) is 4.87. The predicted octanol–water partition coefficient (Wildman–Crippen LogP) is 1.66. The van der Waals surface area contributed by atoms with E-state index in [2.05, 4.69) is 5.32 Å². The molecule has 0 aromatic rings. The highest BCUT2D eigenvalue weighted by atomic mass is 32.2. The van der Waals surface area contributed by atoms with E-state index in [0.717, 1.165) is 0 Å². The van der Waals surface area contributed by atoms with Crippen molar-refractivity contribution in [2.24, 2.45) is 5.92 Å². The van der Waals surface area contributed by atoms with Gasteiger partial charge in [0.15, 0.2) is 9.84 Å². The molecule has 0 aromatic heterocycles. The average Bonchev–Trinajstić information content (AvgIpc) is 2.27. The Balaban J connectivity index is 2.51. The first-order valence-corrected chi connectivity index (χ1v) is 8.02. The Kier molecular flexibility index (Phi) is 5.23. The van der Waals surface area contributed by atoms with Crippen LogP contribution in [0.1, 0.15) is 32.6 Å². The van der Waals surface area contributed by atoms with Crippen molar-refractivity contribution in [3.05, 3.63) is 0 Å². The Morgan fingerprint density at radius 1 is 1.32 bits per heavy atom. The van der Waals surface area contributed by atoms with Gasteiger partial charge in [-0.25, -0.2) is 8.42 Å². The van der Waals surface area contributed by atoms with Crippen LogP contribution in [0.15, 0.2) is 0 Å². The van der Waals surface area contributed by atoms with Gasteiger partial charge in [-0.2, -0.15) is 13.2 Å². The molecule has 2 atom stereocenters. The molecule has 0 bridgehead atoms. The number of rotatable bonds is 4. The zero-order chi connectivity index (χ0) is 14.7. The molecule has 1 amide bonds. The van der Waals surface area contributed by atoms with Gasteiger partial charge in [0.05, 0.1) is 5.92 Å². The summed E-state index contributed by atoms with van der Waals surface area (Å²) in [6, 6.07) is -0.583. The minimum Gasteiger partial charge on any atom is -0.352 e. The molecule has 1 rings (SSSR count). The summed E-state index contributed by atoms with van der Waals surface area (Å²) in [6.07, 6.45) is -3.50.